The number of halogens is 5. The minimum absolute atomic E-state index is 0.0445. The number of carbonyl (C=O) groups is 2. The maximum absolute atomic E-state index is 13.4. The molecule has 3 fully saturated rings. The molecular formula is C58H60BClF4N4O10. The first-order chi connectivity index (χ1) is 36.3. The molecule has 0 radical (unpaired) electrons. The van der Waals surface area contributed by atoms with E-state index in [1.165, 1.54) is 24.3 Å². The van der Waals surface area contributed by atoms with Crippen LogP contribution in [0.2, 0.25) is 5.15 Å². The minimum atomic E-state index is -3.70. The van der Waals surface area contributed by atoms with Crippen molar-refractivity contribution in [2.24, 2.45) is 0 Å². The first-order valence-electron chi connectivity index (χ1n) is 25.4. The highest BCUT2D eigenvalue weighted by atomic mass is 35.5. The van der Waals surface area contributed by atoms with Crippen LogP contribution in [0.1, 0.15) is 114 Å². The van der Waals surface area contributed by atoms with E-state index in [1.54, 1.807) is 58.0 Å². The summed E-state index contributed by atoms with van der Waals surface area (Å²) in [5, 5.41) is 26.1. The van der Waals surface area contributed by atoms with E-state index < -0.39 is 34.6 Å². The molecule has 4 N–H and O–H groups in total. The lowest BCUT2D eigenvalue weighted by molar-refractivity contribution is -0.287. The van der Waals surface area contributed by atoms with E-state index in [4.69, 9.17) is 20.9 Å². The molecular weight excluding hydrogens is 1030 g/mol. The van der Waals surface area contributed by atoms with Crippen LogP contribution in [0.4, 0.5) is 29.2 Å². The van der Waals surface area contributed by atoms with Gasteiger partial charge in [0.15, 0.2) is 23.0 Å². The molecule has 0 spiro atoms. The Kier molecular flexibility index (Phi) is 14.2. The largest absolute Gasteiger partial charge is 0.586 e. The molecule has 0 atom stereocenters. The van der Waals surface area contributed by atoms with Gasteiger partial charge in [0, 0.05) is 5.56 Å². The summed E-state index contributed by atoms with van der Waals surface area (Å²) < 4.78 is 82.9. The number of hydrogen-bond donors (Lipinski definition) is 4. The van der Waals surface area contributed by atoms with Crippen molar-refractivity contribution >= 4 is 47.6 Å². The molecule has 2 saturated carbocycles. The van der Waals surface area contributed by atoms with Crippen LogP contribution in [0.25, 0.3) is 11.3 Å². The maximum Gasteiger partial charge on any atom is 0.586 e. The summed E-state index contributed by atoms with van der Waals surface area (Å²) in [6.45, 7) is 18.9. The van der Waals surface area contributed by atoms with Crippen LogP contribution in [0.5, 0.6) is 23.0 Å². The fourth-order valence-electron chi connectivity index (χ4n) is 9.04. The van der Waals surface area contributed by atoms with Crippen molar-refractivity contribution in [3.8, 4) is 34.3 Å². The Bertz CT molecular complexity index is 3270. The predicted molar refractivity (Wildman–Crippen MR) is 285 cm³/mol. The minimum Gasteiger partial charge on any atom is -0.399 e. The fourth-order valence-corrected chi connectivity index (χ4v) is 9.19. The second-order valence-corrected chi connectivity index (χ2v) is 22.7. The second-order valence-electron chi connectivity index (χ2n) is 22.3. The number of nitrogens with one attached hydrogen (secondary N) is 2. The Hall–Kier alpha value is -6.77. The van der Waals surface area contributed by atoms with E-state index in [-0.39, 0.29) is 53.1 Å². The molecule has 20 heteroatoms. The van der Waals surface area contributed by atoms with Crippen molar-refractivity contribution in [2.45, 2.75) is 141 Å². The Morgan fingerprint density at radius 3 is 1.37 bits per heavy atom. The molecule has 5 heterocycles. The van der Waals surface area contributed by atoms with Gasteiger partial charge in [0.2, 0.25) is 11.8 Å². The molecule has 2 aromatic heterocycles. The van der Waals surface area contributed by atoms with E-state index in [0.29, 0.717) is 53.6 Å². The van der Waals surface area contributed by atoms with Gasteiger partial charge in [-0.25, -0.2) is 9.97 Å². The third-order valence-corrected chi connectivity index (χ3v) is 15.3. The molecule has 2 aliphatic carbocycles. The van der Waals surface area contributed by atoms with Gasteiger partial charge in [-0.2, -0.15) is 0 Å². The van der Waals surface area contributed by atoms with Crippen LogP contribution in [-0.4, -0.2) is 62.9 Å². The number of aliphatic hydroxyl groups is 2. The van der Waals surface area contributed by atoms with Gasteiger partial charge < -0.3 is 49.1 Å². The van der Waals surface area contributed by atoms with Crippen molar-refractivity contribution in [1.29, 1.82) is 0 Å². The maximum atomic E-state index is 13.4. The molecule has 78 heavy (non-hydrogen) atoms. The highest BCUT2D eigenvalue weighted by Crippen LogP contribution is 2.54. The lowest BCUT2D eigenvalue weighted by Gasteiger charge is -2.32. The number of nitrogens with zero attached hydrogens (tertiary/aromatic N) is 2. The number of hydrogen-bond acceptors (Lipinski definition) is 12. The third kappa shape index (κ3) is 11.7. The number of amides is 2. The summed E-state index contributed by atoms with van der Waals surface area (Å²) in [7, 11) is -0.346. The zero-order valence-electron chi connectivity index (χ0n) is 44.7. The van der Waals surface area contributed by atoms with Gasteiger partial charge in [-0.15, -0.1) is 17.6 Å². The monoisotopic (exact) mass is 1090 g/mol. The van der Waals surface area contributed by atoms with E-state index in [0.717, 1.165) is 39.0 Å². The number of pyridine rings is 2. The molecule has 2 amide bonds. The average Bonchev–Trinajstić information content (AvgIpc) is 4.44. The first kappa shape index (κ1) is 56.0. The summed E-state index contributed by atoms with van der Waals surface area (Å²) in [6, 6.07) is 31.1. The fraction of sp³-hybridized carbons (Fsp3) is 0.379. The number of ether oxygens (including phenoxy) is 4. The summed E-state index contributed by atoms with van der Waals surface area (Å²) in [5.74, 6) is -0.00882. The van der Waals surface area contributed by atoms with Crippen molar-refractivity contribution in [3.05, 3.63) is 148 Å². The normalized spacial score (nSPS) is 18.9. The summed E-state index contributed by atoms with van der Waals surface area (Å²) >= 11 is 5.97. The number of anilines is 2. The van der Waals surface area contributed by atoms with Crippen molar-refractivity contribution in [2.75, 3.05) is 10.6 Å². The standard InChI is InChI=1S/C26H24F2N2O4.C17H13ClF2N2O3.C15H23BO3/c1-15-4-11-21(29-22(15)16-5-7-17(8-6-16)24(2,3)32)30-23(31)25(12-13-25)18-9-10-19-20(14-18)34-26(27,28)33-19;1-9-2-5-13(21-14(9)18)22-15(23)16(6-7-16)10-3-4-11-12(8-10)25-17(19,20)24-11;1-13(2,17)11-7-9-12(10-8-11)16-18-14(3,4)15(5,6)19-16/h4-11,14,32H,12-13H2,1-3H3,(H,29,30,31);2-5,8H,6-7H2,1H3,(H,21,22,23);7-10,17H,1-6H3. The zero-order valence-corrected chi connectivity index (χ0v) is 45.5. The van der Waals surface area contributed by atoms with E-state index >= 15 is 0 Å². The first-order valence-corrected chi connectivity index (χ1v) is 25.7. The Labute approximate surface area is 454 Å². The zero-order chi connectivity index (χ0) is 56.6. The van der Waals surface area contributed by atoms with Crippen molar-refractivity contribution < 1.29 is 65.6 Å². The van der Waals surface area contributed by atoms with E-state index in [2.05, 4.69) is 39.5 Å². The number of aryl methyl sites for hydroxylation is 2. The predicted octanol–water partition coefficient (Wildman–Crippen LogP) is 11.5. The van der Waals surface area contributed by atoms with Gasteiger partial charge in [0.05, 0.1) is 38.9 Å². The van der Waals surface area contributed by atoms with Gasteiger partial charge in [0.1, 0.15) is 16.8 Å². The molecule has 5 aliphatic rings. The van der Waals surface area contributed by atoms with Crippen molar-refractivity contribution in [1.82, 2.24) is 9.97 Å². The molecule has 410 valence electrons. The van der Waals surface area contributed by atoms with Crippen LogP contribution in [0.3, 0.4) is 0 Å². The number of rotatable bonds is 10. The third-order valence-electron chi connectivity index (χ3n) is 14.9. The highest BCUT2D eigenvalue weighted by molar-refractivity contribution is 6.62. The molecule has 14 nitrogen and oxygen atoms in total. The number of benzene rings is 4. The number of aromatic nitrogens is 2. The lowest BCUT2D eigenvalue weighted by atomic mass is 9.78. The molecule has 6 aromatic rings. The summed E-state index contributed by atoms with van der Waals surface area (Å²) in [4.78, 5) is 34.7. The molecule has 1 saturated heterocycles. The lowest BCUT2D eigenvalue weighted by Crippen LogP contribution is -2.41. The quantitative estimate of drug-likeness (QED) is 0.0580. The van der Waals surface area contributed by atoms with Gasteiger partial charge in [0.25, 0.3) is 0 Å². The number of carbonyl (C=O) groups excluding carboxylic acids is 2. The van der Waals surface area contributed by atoms with Gasteiger partial charge in [-0.05, 0) is 170 Å². The van der Waals surface area contributed by atoms with Gasteiger partial charge >= 0.3 is 19.7 Å². The summed E-state index contributed by atoms with van der Waals surface area (Å²) in [5.41, 5.74) is 3.14. The highest BCUT2D eigenvalue weighted by Gasteiger charge is 2.55. The van der Waals surface area contributed by atoms with E-state index in [9.17, 15) is 37.4 Å². The van der Waals surface area contributed by atoms with Gasteiger partial charge in [-0.1, -0.05) is 84.4 Å². The Morgan fingerprint density at radius 2 is 0.962 bits per heavy atom. The van der Waals surface area contributed by atoms with Gasteiger partial charge in [-0.3, -0.25) is 9.59 Å². The molecule has 3 aliphatic heterocycles. The number of alkyl halides is 4. The number of fused-ring (bicyclic) bond motifs is 2. The Balaban J connectivity index is 0.000000149. The Morgan fingerprint density at radius 1 is 0.564 bits per heavy atom. The van der Waals surface area contributed by atoms with Crippen LogP contribution in [0.15, 0.2) is 109 Å². The van der Waals surface area contributed by atoms with Crippen LogP contribution in [-0.2, 0) is 40.9 Å². The van der Waals surface area contributed by atoms with Crippen LogP contribution >= 0.6 is 11.6 Å². The SMILES string of the molecule is CC(C)(O)c1ccc(B2OC(C)(C)C(C)(C)O2)cc1.Cc1ccc(NC(=O)C2(c3ccc4c(c3)OC(F)(F)O4)CC2)nc1-c1ccc(C(C)(C)O)cc1.Cc1ccc(NC(=O)C2(c3ccc4c(c3)OC(F)(F)O4)CC2)nc1Cl. The summed E-state index contributed by atoms with van der Waals surface area (Å²) in [6.07, 6.45) is -4.99. The molecule has 4 aromatic carbocycles. The topological polar surface area (TPSA) is 180 Å². The average molecular weight is 1100 g/mol. The molecule has 0 unspecified atom stereocenters. The smallest absolute Gasteiger partial charge is 0.399 e. The van der Waals surface area contributed by atoms with Crippen molar-refractivity contribution in [3.63, 3.8) is 0 Å². The second kappa shape index (κ2) is 19.8. The van der Waals surface area contributed by atoms with Crippen LogP contribution in [0, 0.1) is 13.8 Å². The van der Waals surface area contributed by atoms with E-state index in [1.807, 2.05) is 96.1 Å². The molecule has 11 rings (SSSR count). The molecule has 0 bridgehead atoms. The van der Waals surface area contributed by atoms with Crippen LogP contribution < -0.4 is 35.0 Å².